The Morgan fingerprint density at radius 1 is 1.57 bits per heavy atom. The molecule has 23 heavy (non-hydrogen) atoms. The first-order chi connectivity index (χ1) is 11.1. The SMILES string of the molecule is C=CCOC(=O)C1=CS[C@@H]2/C(=C/C=C/c3cn(C)nn3)C(=O)N12. The quantitative estimate of drug-likeness (QED) is 0.350. The van der Waals surface area contributed by atoms with E-state index in [1.54, 1.807) is 41.6 Å². The van der Waals surface area contributed by atoms with Crippen molar-refractivity contribution in [3.8, 4) is 0 Å². The minimum absolute atomic E-state index is 0.122. The number of aryl methyl sites for hydroxylation is 1. The summed E-state index contributed by atoms with van der Waals surface area (Å²) >= 11 is 1.41. The number of ether oxygens (including phenoxy) is 1. The highest BCUT2D eigenvalue weighted by Gasteiger charge is 2.49. The summed E-state index contributed by atoms with van der Waals surface area (Å²) in [4.78, 5) is 25.5. The molecular formula is C15H14N4O3S. The van der Waals surface area contributed by atoms with Crippen molar-refractivity contribution in [2.24, 2.45) is 7.05 Å². The molecule has 8 heteroatoms. The zero-order valence-electron chi connectivity index (χ0n) is 12.4. The first-order valence-corrected chi connectivity index (χ1v) is 7.78. The molecule has 2 aliphatic heterocycles. The normalized spacial score (nSPS) is 21.3. The van der Waals surface area contributed by atoms with Gasteiger partial charge in [0.15, 0.2) is 0 Å². The van der Waals surface area contributed by atoms with Gasteiger partial charge in [-0.05, 0) is 6.08 Å². The van der Waals surface area contributed by atoms with Crippen LogP contribution in [0.1, 0.15) is 5.69 Å². The van der Waals surface area contributed by atoms with Crippen molar-refractivity contribution in [1.29, 1.82) is 0 Å². The maximum Gasteiger partial charge on any atom is 0.355 e. The molecule has 0 radical (unpaired) electrons. The Balaban J connectivity index is 1.65. The number of carbonyl (C=O) groups is 2. The average Bonchev–Trinajstić information content (AvgIpc) is 3.13. The number of nitrogens with zero attached hydrogens (tertiary/aromatic N) is 4. The monoisotopic (exact) mass is 330 g/mol. The Bertz CT molecular complexity index is 763. The van der Waals surface area contributed by atoms with Gasteiger partial charge in [0.2, 0.25) is 0 Å². The van der Waals surface area contributed by atoms with Gasteiger partial charge in [-0.2, -0.15) is 0 Å². The first kappa shape index (κ1) is 15.3. The maximum absolute atomic E-state index is 12.2. The fraction of sp³-hybridized carbons (Fsp3) is 0.200. The fourth-order valence-electron chi connectivity index (χ4n) is 2.18. The summed E-state index contributed by atoms with van der Waals surface area (Å²) in [5, 5.41) is 9.23. The zero-order valence-corrected chi connectivity index (χ0v) is 13.2. The second-order valence-corrected chi connectivity index (χ2v) is 5.81. The third kappa shape index (κ3) is 2.85. The van der Waals surface area contributed by atoms with Crippen molar-refractivity contribution < 1.29 is 14.3 Å². The smallest absolute Gasteiger partial charge is 0.355 e. The summed E-state index contributed by atoms with van der Waals surface area (Å²) in [6.45, 7) is 3.61. The van der Waals surface area contributed by atoms with E-state index in [4.69, 9.17) is 4.74 Å². The van der Waals surface area contributed by atoms with Gasteiger partial charge in [0.05, 0.1) is 11.8 Å². The number of allylic oxidation sites excluding steroid dienone is 2. The predicted molar refractivity (Wildman–Crippen MR) is 85.6 cm³/mol. The van der Waals surface area contributed by atoms with E-state index in [1.165, 1.54) is 22.7 Å². The molecule has 1 saturated heterocycles. The first-order valence-electron chi connectivity index (χ1n) is 6.83. The molecule has 0 N–H and O–H groups in total. The van der Waals surface area contributed by atoms with Crippen molar-refractivity contribution in [2.45, 2.75) is 5.37 Å². The lowest BCUT2D eigenvalue weighted by Crippen LogP contribution is -2.51. The molecular weight excluding hydrogens is 316 g/mol. The molecule has 1 aromatic rings. The van der Waals surface area contributed by atoms with Crippen LogP contribution in [0.4, 0.5) is 0 Å². The molecule has 0 spiro atoms. The van der Waals surface area contributed by atoms with Crippen LogP contribution in [0.5, 0.6) is 0 Å². The van der Waals surface area contributed by atoms with Crippen LogP contribution in [0.15, 0.2) is 47.7 Å². The minimum Gasteiger partial charge on any atom is -0.457 e. The van der Waals surface area contributed by atoms with Gasteiger partial charge in [-0.15, -0.1) is 16.9 Å². The molecule has 1 atom stereocenters. The zero-order chi connectivity index (χ0) is 16.4. The van der Waals surface area contributed by atoms with Gasteiger partial charge in [-0.25, -0.2) is 4.79 Å². The summed E-state index contributed by atoms with van der Waals surface area (Å²) in [6, 6.07) is 0. The van der Waals surface area contributed by atoms with Crippen LogP contribution in [0, 0.1) is 0 Å². The van der Waals surface area contributed by atoms with Gasteiger partial charge in [-0.1, -0.05) is 30.0 Å². The van der Waals surface area contributed by atoms with Crippen LogP contribution in [-0.2, 0) is 21.4 Å². The van der Waals surface area contributed by atoms with E-state index in [9.17, 15) is 9.59 Å². The van der Waals surface area contributed by atoms with Gasteiger partial charge in [-0.3, -0.25) is 14.4 Å². The Morgan fingerprint density at radius 2 is 2.39 bits per heavy atom. The Hall–Kier alpha value is -2.61. The number of rotatable bonds is 5. The van der Waals surface area contributed by atoms with Crippen LogP contribution >= 0.6 is 11.8 Å². The maximum atomic E-state index is 12.2. The predicted octanol–water partition coefficient (Wildman–Crippen LogP) is 1.24. The van der Waals surface area contributed by atoms with E-state index in [0.29, 0.717) is 11.3 Å². The van der Waals surface area contributed by atoms with Crippen molar-refractivity contribution in [2.75, 3.05) is 6.61 Å². The molecule has 3 heterocycles. The molecule has 0 aromatic carbocycles. The van der Waals surface area contributed by atoms with Crippen LogP contribution in [0.3, 0.4) is 0 Å². The number of β-lactam (4-membered cyclic amide) rings is 1. The lowest BCUT2D eigenvalue weighted by Gasteiger charge is -2.37. The third-order valence-corrected chi connectivity index (χ3v) is 4.32. The topological polar surface area (TPSA) is 77.3 Å². The molecule has 0 unspecified atom stereocenters. The van der Waals surface area contributed by atoms with Crippen molar-refractivity contribution in [1.82, 2.24) is 19.9 Å². The molecule has 1 fully saturated rings. The highest BCUT2D eigenvalue weighted by molar-refractivity contribution is 8.03. The Morgan fingerprint density at radius 3 is 3.09 bits per heavy atom. The summed E-state index contributed by atoms with van der Waals surface area (Å²) < 4.78 is 6.57. The van der Waals surface area contributed by atoms with Gasteiger partial charge in [0.25, 0.3) is 5.91 Å². The van der Waals surface area contributed by atoms with Crippen LogP contribution in [0.2, 0.25) is 0 Å². The molecule has 118 valence electrons. The standard InChI is InChI=1S/C15H14N4O3S/c1-3-7-22-15(21)12-9-23-14-11(13(20)19(12)14)6-4-5-10-8-18(2)17-16-10/h3-6,8-9,14H,1,7H2,2H3/b5-4+,11-6+/t14-/m1/s1. The van der Waals surface area contributed by atoms with E-state index >= 15 is 0 Å². The second kappa shape index (κ2) is 6.25. The molecule has 3 rings (SSSR count). The Kier molecular flexibility index (Phi) is 4.16. The van der Waals surface area contributed by atoms with E-state index in [-0.39, 0.29) is 23.6 Å². The van der Waals surface area contributed by atoms with Gasteiger partial charge in [0.1, 0.15) is 23.4 Å². The van der Waals surface area contributed by atoms with Crippen molar-refractivity contribution in [3.63, 3.8) is 0 Å². The van der Waals surface area contributed by atoms with E-state index in [1.807, 2.05) is 0 Å². The number of hydrogen-bond acceptors (Lipinski definition) is 6. The van der Waals surface area contributed by atoms with Gasteiger partial charge >= 0.3 is 5.97 Å². The molecule has 0 saturated carbocycles. The highest BCUT2D eigenvalue weighted by Crippen LogP contribution is 2.44. The number of amides is 1. The van der Waals surface area contributed by atoms with Crippen molar-refractivity contribution >= 4 is 29.7 Å². The molecule has 1 amide bonds. The fourth-order valence-corrected chi connectivity index (χ4v) is 3.30. The molecule has 7 nitrogen and oxygen atoms in total. The molecule has 0 aliphatic carbocycles. The molecule has 1 aromatic heterocycles. The number of thioether (sulfide) groups is 1. The number of fused-ring (bicyclic) bond motifs is 1. The third-order valence-electron chi connectivity index (χ3n) is 3.24. The minimum atomic E-state index is -0.512. The van der Waals surface area contributed by atoms with E-state index in [2.05, 4.69) is 16.9 Å². The van der Waals surface area contributed by atoms with Crippen LogP contribution in [-0.4, -0.2) is 43.8 Å². The second-order valence-electron chi connectivity index (χ2n) is 4.85. The number of hydrogen-bond donors (Lipinski definition) is 0. The number of carbonyl (C=O) groups excluding carboxylic acids is 2. The van der Waals surface area contributed by atoms with E-state index < -0.39 is 5.97 Å². The Labute approximate surface area is 137 Å². The summed E-state index contributed by atoms with van der Waals surface area (Å²) in [7, 11) is 1.78. The van der Waals surface area contributed by atoms with Crippen LogP contribution < -0.4 is 0 Å². The van der Waals surface area contributed by atoms with Crippen LogP contribution in [0.25, 0.3) is 6.08 Å². The highest BCUT2D eigenvalue weighted by atomic mass is 32.2. The average molecular weight is 330 g/mol. The van der Waals surface area contributed by atoms with E-state index in [0.717, 1.165) is 0 Å². The summed E-state index contributed by atoms with van der Waals surface area (Å²) in [5.41, 5.74) is 1.62. The number of esters is 1. The summed E-state index contributed by atoms with van der Waals surface area (Å²) in [5.74, 6) is -0.701. The summed E-state index contributed by atoms with van der Waals surface area (Å²) in [6.07, 6.45) is 8.50. The number of aromatic nitrogens is 3. The lowest BCUT2D eigenvalue weighted by atomic mass is 10.0. The van der Waals surface area contributed by atoms with Crippen molar-refractivity contribution in [3.05, 3.63) is 53.4 Å². The molecule has 0 bridgehead atoms. The largest absolute Gasteiger partial charge is 0.457 e. The molecule has 2 aliphatic rings. The van der Waals surface area contributed by atoms with Gasteiger partial charge in [0, 0.05) is 12.5 Å². The lowest BCUT2D eigenvalue weighted by molar-refractivity contribution is -0.144. The van der Waals surface area contributed by atoms with Gasteiger partial charge < -0.3 is 4.74 Å².